The van der Waals surface area contributed by atoms with E-state index in [-0.39, 0.29) is 0 Å². The molecule has 3 heteroatoms. The molecule has 0 bridgehead atoms. The van der Waals surface area contributed by atoms with Gasteiger partial charge < -0.3 is 4.98 Å². The zero-order valence-corrected chi connectivity index (χ0v) is 7.10. The van der Waals surface area contributed by atoms with Gasteiger partial charge in [0.25, 0.3) is 0 Å². The summed E-state index contributed by atoms with van der Waals surface area (Å²) in [4.78, 5) is 7.90. The summed E-state index contributed by atoms with van der Waals surface area (Å²) in [5.41, 5.74) is 3.94. The van der Waals surface area contributed by atoms with Crippen LogP contribution < -0.4 is 5.90 Å². The Morgan fingerprint density at radius 2 is 2.25 bits per heavy atom. The van der Waals surface area contributed by atoms with E-state index in [1.807, 2.05) is 0 Å². The summed E-state index contributed by atoms with van der Waals surface area (Å²) in [6.07, 6.45) is 5.00. The Balaban J connectivity index is 2.20. The molecule has 1 heterocycles. The molecule has 12 heavy (non-hydrogen) atoms. The van der Waals surface area contributed by atoms with Crippen molar-refractivity contribution in [1.29, 1.82) is 0 Å². The highest BCUT2D eigenvalue weighted by Gasteiger charge is 2.11. The number of aromatic nitrogens is 1. The van der Waals surface area contributed by atoms with Crippen molar-refractivity contribution in [1.82, 2.24) is 4.98 Å². The van der Waals surface area contributed by atoms with Gasteiger partial charge in [-0.2, -0.15) is 0 Å². The lowest BCUT2D eigenvalue weighted by atomic mass is 9.98. The first-order valence-corrected chi connectivity index (χ1v) is 4.41. The average molecular weight is 166 g/mol. The second-order valence-electron chi connectivity index (χ2n) is 3.32. The van der Waals surface area contributed by atoms with Gasteiger partial charge in [0.2, 0.25) is 0 Å². The smallest absolute Gasteiger partial charge is 0.108 e. The number of H-pyrrole nitrogens is 1. The standard InChI is InChI=1S/C9H14N2O/c10-12-6-8-5-7-3-1-2-4-9(7)11-8/h5,11H,1-4,6,10H2. The maximum Gasteiger partial charge on any atom is 0.108 e. The fraction of sp³-hybridized carbons (Fsp3) is 0.556. The van der Waals surface area contributed by atoms with Gasteiger partial charge in [-0.25, -0.2) is 5.90 Å². The molecule has 1 aliphatic carbocycles. The van der Waals surface area contributed by atoms with Gasteiger partial charge >= 0.3 is 0 Å². The second-order valence-corrected chi connectivity index (χ2v) is 3.32. The van der Waals surface area contributed by atoms with E-state index < -0.39 is 0 Å². The summed E-state index contributed by atoms with van der Waals surface area (Å²) in [6, 6.07) is 2.17. The van der Waals surface area contributed by atoms with Crippen molar-refractivity contribution in [3.05, 3.63) is 23.0 Å². The molecule has 0 spiro atoms. The second kappa shape index (κ2) is 3.29. The molecule has 3 nitrogen and oxygen atoms in total. The summed E-state index contributed by atoms with van der Waals surface area (Å²) >= 11 is 0. The van der Waals surface area contributed by atoms with Gasteiger partial charge in [-0.1, -0.05) is 0 Å². The van der Waals surface area contributed by atoms with Crippen molar-refractivity contribution in [2.75, 3.05) is 0 Å². The number of rotatable bonds is 2. The number of aryl methyl sites for hydroxylation is 2. The Hall–Kier alpha value is -0.800. The van der Waals surface area contributed by atoms with Gasteiger partial charge in [0.05, 0.1) is 0 Å². The van der Waals surface area contributed by atoms with Crippen LogP contribution in [0.4, 0.5) is 0 Å². The number of nitrogens with one attached hydrogen (secondary N) is 1. The fourth-order valence-corrected chi connectivity index (χ4v) is 1.84. The molecule has 3 N–H and O–H groups in total. The Kier molecular flexibility index (Phi) is 2.15. The maximum atomic E-state index is 5.00. The van der Waals surface area contributed by atoms with E-state index in [4.69, 9.17) is 5.90 Å². The first kappa shape index (κ1) is 7.83. The first-order chi connectivity index (χ1) is 5.90. The van der Waals surface area contributed by atoms with Crippen LogP contribution in [-0.4, -0.2) is 4.98 Å². The number of aromatic amines is 1. The Bertz CT molecular complexity index is 244. The van der Waals surface area contributed by atoms with Crippen LogP contribution in [0, 0.1) is 0 Å². The van der Waals surface area contributed by atoms with Gasteiger partial charge in [0, 0.05) is 11.4 Å². The molecule has 0 atom stereocenters. The zero-order chi connectivity index (χ0) is 8.39. The van der Waals surface area contributed by atoms with Crippen LogP contribution in [0.15, 0.2) is 6.07 Å². The zero-order valence-electron chi connectivity index (χ0n) is 7.10. The van der Waals surface area contributed by atoms with E-state index in [0.29, 0.717) is 6.61 Å². The van der Waals surface area contributed by atoms with Gasteiger partial charge in [-0.05, 0) is 37.3 Å². The Labute approximate surface area is 71.9 Å². The van der Waals surface area contributed by atoms with Gasteiger partial charge in [0.1, 0.15) is 6.61 Å². The molecule has 0 unspecified atom stereocenters. The highest BCUT2D eigenvalue weighted by atomic mass is 16.6. The van der Waals surface area contributed by atoms with Crippen molar-refractivity contribution in [2.45, 2.75) is 32.3 Å². The minimum absolute atomic E-state index is 0.493. The third kappa shape index (κ3) is 1.38. The lowest BCUT2D eigenvalue weighted by molar-refractivity contribution is 0.121. The topological polar surface area (TPSA) is 51.0 Å². The predicted octanol–water partition coefficient (Wildman–Crippen LogP) is 1.28. The first-order valence-electron chi connectivity index (χ1n) is 4.41. The predicted molar refractivity (Wildman–Crippen MR) is 46.4 cm³/mol. The van der Waals surface area contributed by atoms with Crippen molar-refractivity contribution in [2.24, 2.45) is 5.90 Å². The lowest BCUT2D eigenvalue weighted by Gasteiger charge is -2.08. The summed E-state index contributed by atoms with van der Waals surface area (Å²) in [5, 5.41) is 0. The molecule has 0 saturated carbocycles. The molecule has 0 radical (unpaired) electrons. The van der Waals surface area contributed by atoms with Crippen LogP contribution in [0.25, 0.3) is 0 Å². The van der Waals surface area contributed by atoms with Crippen molar-refractivity contribution >= 4 is 0 Å². The van der Waals surface area contributed by atoms with E-state index >= 15 is 0 Å². The molecular weight excluding hydrogens is 152 g/mol. The van der Waals surface area contributed by atoms with E-state index in [0.717, 1.165) is 5.69 Å². The summed E-state index contributed by atoms with van der Waals surface area (Å²) < 4.78 is 0. The van der Waals surface area contributed by atoms with E-state index in [1.54, 1.807) is 0 Å². The van der Waals surface area contributed by atoms with Crippen LogP contribution >= 0.6 is 0 Å². The van der Waals surface area contributed by atoms with Crippen LogP contribution in [0.3, 0.4) is 0 Å². The normalized spacial score (nSPS) is 16.1. The number of nitrogens with two attached hydrogens (primary N) is 1. The molecule has 1 aliphatic rings. The maximum absolute atomic E-state index is 5.00. The SMILES string of the molecule is NOCc1cc2c([nH]1)CCCC2. The van der Waals surface area contributed by atoms with E-state index in [2.05, 4.69) is 15.9 Å². The molecule has 1 aromatic heterocycles. The summed E-state index contributed by atoms with van der Waals surface area (Å²) in [7, 11) is 0. The molecular formula is C9H14N2O. The van der Waals surface area contributed by atoms with Crippen LogP contribution in [-0.2, 0) is 24.3 Å². The average Bonchev–Trinajstić information content (AvgIpc) is 2.47. The van der Waals surface area contributed by atoms with Crippen LogP contribution in [0.5, 0.6) is 0 Å². The molecule has 0 fully saturated rings. The number of hydrogen-bond donors (Lipinski definition) is 2. The van der Waals surface area contributed by atoms with Crippen molar-refractivity contribution in [3.8, 4) is 0 Å². The third-order valence-electron chi connectivity index (χ3n) is 2.41. The summed E-state index contributed by atoms with van der Waals surface area (Å²) in [5.74, 6) is 5.00. The number of hydrogen-bond acceptors (Lipinski definition) is 2. The fourth-order valence-electron chi connectivity index (χ4n) is 1.84. The van der Waals surface area contributed by atoms with Crippen molar-refractivity contribution in [3.63, 3.8) is 0 Å². The minimum atomic E-state index is 0.493. The van der Waals surface area contributed by atoms with Crippen LogP contribution in [0.2, 0.25) is 0 Å². The Morgan fingerprint density at radius 3 is 3.00 bits per heavy atom. The summed E-state index contributed by atoms with van der Waals surface area (Å²) in [6.45, 7) is 0.493. The van der Waals surface area contributed by atoms with Gasteiger partial charge in [-0.3, -0.25) is 4.84 Å². The van der Waals surface area contributed by atoms with Gasteiger partial charge in [-0.15, -0.1) is 0 Å². The highest BCUT2D eigenvalue weighted by Crippen LogP contribution is 2.21. The largest absolute Gasteiger partial charge is 0.360 e. The lowest BCUT2D eigenvalue weighted by Crippen LogP contribution is -2.00. The van der Waals surface area contributed by atoms with Crippen molar-refractivity contribution < 1.29 is 4.84 Å². The molecule has 0 aliphatic heterocycles. The Morgan fingerprint density at radius 1 is 1.42 bits per heavy atom. The molecule has 66 valence electrons. The minimum Gasteiger partial charge on any atom is -0.360 e. The van der Waals surface area contributed by atoms with Crippen LogP contribution in [0.1, 0.15) is 29.8 Å². The third-order valence-corrected chi connectivity index (χ3v) is 2.41. The molecule has 2 rings (SSSR count). The van der Waals surface area contributed by atoms with Gasteiger partial charge in [0.15, 0.2) is 0 Å². The van der Waals surface area contributed by atoms with E-state index in [1.165, 1.54) is 36.9 Å². The van der Waals surface area contributed by atoms with E-state index in [9.17, 15) is 0 Å². The molecule has 0 aromatic carbocycles. The highest BCUT2D eigenvalue weighted by molar-refractivity contribution is 5.27. The number of fused-ring (bicyclic) bond motifs is 1. The monoisotopic (exact) mass is 166 g/mol. The molecule has 0 amide bonds. The molecule has 0 saturated heterocycles. The molecule has 1 aromatic rings. The quantitative estimate of drug-likeness (QED) is 0.650.